The molecule has 1 atom stereocenters. The average Bonchev–Trinajstić information content (AvgIpc) is 2.25. The van der Waals surface area contributed by atoms with Gasteiger partial charge in [0.05, 0.1) is 0 Å². The van der Waals surface area contributed by atoms with Gasteiger partial charge in [-0.05, 0) is 31.6 Å². The van der Waals surface area contributed by atoms with Crippen molar-refractivity contribution in [1.82, 2.24) is 0 Å². The number of aldehydes is 1. The second-order valence-corrected chi connectivity index (χ2v) is 4.35. The number of carbonyl (C=O) groups is 1. The van der Waals surface area contributed by atoms with Crippen molar-refractivity contribution in [2.75, 3.05) is 0 Å². The number of hydrogen-bond donors (Lipinski definition) is 0. The average molecular weight is 194 g/mol. The summed E-state index contributed by atoms with van der Waals surface area (Å²) in [5.74, 6) is 0.926. The molecule has 80 valence electrons. The summed E-state index contributed by atoms with van der Waals surface area (Å²) in [5.41, 5.74) is 1.52. The van der Waals surface area contributed by atoms with Crippen LogP contribution >= 0.6 is 0 Å². The Labute approximate surface area is 87.6 Å². The van der Waals surface area contributed by atoms with E-state index < -0.39 is 0 Å². The lowest BCUT2D eigenvalue weighted by Crippen LogP contribution is -2.05. The molecule has 1 aliphatic rings. The van der Waals surface area contributed by atoms with E-state index in [4.69, 9.17) is 0 Å². The smallest absolute Gasteiger partial charge is 0.120 e. The number of carbonyl (C=O) groups excluding carboxylic acids is 1. The van der Waals surface area contributed by atoms with Gasteiger partial charge in [0.2, 0.25) is 0 Å². The maximum absolute atomic E-state index is 10.2. The molecule has 14 heavy (non-hydrogen) atoms. The Morgan fingerprint density at radius 1 is 1.57 bits per heavy atom. The van der Waals surface area contributed by atoms with Crippen LogP contribution in [0, 0.1) is 5.92 Å². The van der Waals surface area contributed by atoms with Gasteiger partial charge in [-0.2, -0.15) is 0 Å². The minimum atomic E-state index is 0.714. The number of rotatable bonds is 6. The molecule has 0 fully saturated rings. The SMILES string of the molecule is CCCC[C@@H]1CC=C(CCC=O)CC1. The summed E-state index contributed by atoms with van der Waals surface area (Å²) >= 11 is 0. The Hall–Kier alpha value is -0.590. The third kappa shape index (κ3) is 4.08. The molecular weight excluding hydrogens is 172 g/mol. The quantitative estimate of drug-likeness (QED) is 0.463. The molecule has 1 nitrogen and oxygen atoms in total. The van der Waals surface area contributed by atoms with Gasteiger partial charge in [-0.3, -0.25) is 0 Å². The van der Waals surface area contributed by atoms with Crippen LogP contribution < -0.4 is 0 Å². The minimum absolute atomic E-state index is 0.714. The van der Waals surface area contributed by atoms with E-state index in [1.807, 2.05) is 0 Å². The maximum atomic E-state index is 10.2. The van der Waals surface area contributed by atoms with Gasteiger partial charge >= 0.3 is 0 Å². The molecule has 1 aliphatic carbocycles. The van der Waals surface area contributed by atoms with E-state index in [0.717, 1.165) is 18.6 Å². The second kappa shape index (κ2) is 6.80. The lowest BCUT2D eigenvalue weighted by atomic mass is 9.85. The predicted octanol–water partition coefficient (Wildman–Crippen LogP) is 3.88. The zero-order valence-corrected chi connectivity index (χ0v) is 9.30. The highest BCUT2D eigenvalue weighted by atomic mass is 16.1. The largest absolute Gasteiger partial charge is 0.303 e. The van der Waals surface area contributed by atoms with Gasteiger partial charge in [0.1, 0.15) is 6.29 Å². The van der Waals surface area contributed by atoms with Crippen molar-refractivity contribution in [3.8, 4) is 0 Å². The van der Waals surface area contributed by atoms with Gasteiger partial charge in [0.15, 0.2) is 0 Å². The summed E-state index contributed by atoms with van der Waals surface area (Å²) in [6, 6.07) is 0. The third-order valence-electron chi connectivity index (χ3n) is 3.16. The molecule has 0 saturated carbocycles. The van der Waals surface area contributed by atoms with Crippen molar-refractivity contribution in [3.63, 3.8) is 0 Å². The third-order valence-corrected chi connectivity index (χ3v) is 3.16. The van der Waals surface area contributed by atoms with Gasteiger partial charge in [-0.1, -0.05) is 37.8 Å². The van der Waals surface area contributed by atoms with E-state index in [1.54, 1.807) is 0 Å². The fourth-order valence-corrected chi connectivity index (χ4v) is 2.17. The van der Waals surface area contributed by atoms with Gasteiger partial charge in [-0.25, -0.2) is 0 Å². The van der Waals surface area contributed by atoms with Crippen LogP contribution in [0.25, 0.3) is 0 Å². The number of unbranched alkanes of at least 4 members (excludes halogenated alkanes) is 1. The van der Waals surface area contributed by atoms with Crippen molar-refractivity contribution >= 4 is 6.29 Å². The van der Waals surface area contributed by atoms with Crippen LogP contribution in [0.3, 0.4) is 0 Å². The zero-order chi connectivity index (χ0) is 10.2. The number of allylic oxidation sites excluding steroid dienone is 2. The Kier molecular flexibility index (Phi) is 5.58. The summed E-state index contributed by atoms with van der Waals surface area (Å²) in [4.78, 5) is 10.2. The van der Waals surface area contributed by atoms with Crippen LogP contribution in [0.4, 0.5) is 0 Å². The Morgan fingerprint density at radius 3 is 3.00 bits per heavy atom. The molecule has 0 saturated heterocycles. The van der Waals surface area contributed by atoms with Gasteiger partial charge in [0.25, 0.3) is 0 Å². The molecule has 0 aromatic rings. The normalized spacial score (nSPS) is 21.8. The van der Waals surface area contributed by atoms with Crippen LogP contribution in [-0.4, -0.2) is 6.29 Å². The van der Waals surface area contributed by atoms with E-state index in [-0.39, 0.29) is 0 Å². The van der Waals surface area contributed by atoms with E-state index in [0.29, 0.717) is 6.42 Å². The highest BCUT2D eigenvalue weighted by molar-refractivity contribution is 5.49. The highest BCUT2D eigenvalue weighted by Gasteiger charge is 2.13. The molecule has 0 aliphatic heterocycles. The highest BCUT2D eigenvalue weighted by Crippen LogP contribution is 2.29. The van der Waals surface area contributed by atoms with Crippen LogP contribution in [0.2, 0.25) is 0 Å². The molecule has 1 rings (SSSR count). The summed E-state index contributed by atoms with van der Waals surface area (Å²) < 4.78 is 0. The second-order valence-electron chi connectivity index (χ2n) is 4.35. The van der Waals surface area contributed by atoms with Crippen molar-refractivity contribution in [2.45, 2.75) is 58.3 Å². The van der Waals surface area contributed by atoms with E-state index in [2.05, 4.69) is 13.0 Å². The molecule has 0 spiro atoms. The standard InChI is InChI=1S/C13H22O/c1-2-3-5-12-7-9-13(10-8-12)6-4-11-14/h9,11-12H,2-8,10H2,1H3/t12-/m1/s1. The fraction of sp³-hybridized carbons (Fsp3) is 0.769. The molecule has 0 aromatic carbocycles. The van der Waals surface area contributed by atoms with Crippen molar-refractivity contribution in [3.05, 3.63) is 11.6 Å². The fourth-order valence-electron chi connectivity index (χ4n) is 2.17. The van der Waals surface area contributed by atoms with E-state index >= 15 is 0 Å². The lowest BCUT2D eigenvalue weighted by Gasteiger charge is -2.21. The van der Waals surface area contributed by atoms with Crippen LogP contribution in [0.15, 0.2) is 11.6 Å². The van der Waals surface area contributed by atoms with E-state index in [1.165, 1.54) is 44.1 Å². The first-order valence-electron chi connectivity index (χ1n) is 5.98. The predicted molar refractivity (Wildman–Crippen MR) is 60.2 cm³/mol. The monoisotopic (exact) mass is 194 g/mol. The first-order chi connectivity index (χ1) is 6.86. The molecule has 0 aromatic heterocycles. The zero-order valence-electron chi connectivity index (χ0n) is 9.30. The van der Waals surface area contributed by atoms with Gasteiger partial charge < -0.3 is 4.79 Å². The molecule has 0 unspecified atom stereocenters. The Balaban J connectivity index is 2.21. The molecule has 0 bridgehead atoms. The molecule has 0 radical (unpaired) electrons. The van der Waals surface area contributed by atoms with Crippen molar-refractivity contribution in [1.29, 1.82) is 0 Å². The Bertz CT molecular complexity index is 193. The van der Waals surface area contributed by atoms with Gasteiger partial charge in [-0.15, -0.1) is 0 Å². The molecule has 0 N–H and O–H groups in total. The number of hydrogen-bond acceptors (Lipinski definition) is 1. The van der Waals surface area contributed by atoms with Crippen LogP contribution in [0.5, 0.6) is 0 Å². The molecule has 1 heteroatoms. The van der Waals surface area contributed by atoms with Gasteiger partial charge in [0, 0.05) is 6.42 Å². The molecule has 0 heterocycles. The molecular formula is C13H22O. The van der Waals surface area contributed by atoms with Crippen molar-refractivity contribution in [2.24, 2.45) is 5.92 Å². The Morgan fingerprint density at radius 2 is 2.43 bits per heavy atom. The van der Waals surface area contributed by atoms with Crippen LogP contribution in [-0.2, 0) is 4.79 Å². The first-order valence-corrected chi connectivity index (χ1v) is 5.98. The summed E-state index contributed by atoms with van der Waals surface area (Å²) in [6.07, 6.45) is 13.1. The topological polar surface area (TPSA) is 17.1 Å². The van der Waals surface area contributed by atoms with E-state index in [9.17, 15) is 4.79 Å². The van der Waals surface area contributed by atoms with Crippen LogP contribution in [0.1, 0.15) is 58.3 Å². The lowest BCUT2D eigenvalue weighted by molar-refractivity contribution is -0.107. The summed E-state index contributed by atoms with van der Waals surface area (Å²) in [7, 11) is 0. The summed E-state index contributed by atoms with van der Waals surface area (Å²) in [5, 5.41) is 0. The van der Waals surface area contributed by atoms with Crippen molar-refractivity contribution < 1.29 is 4.79 Å². The first kappa shape index (κ1) is 11.5. The maximum Gasteiger partial charge on any atom is 0.120 e. The summed E-state index contributed by atoms with van der Waals surface area (Å²) in [6.45, 7) is 2.26. The molecule has 0 amide bonds. The minimum Gasteiger partial charge on any atom is -0.303 e.